The van der Waals surface area contributed by atoms with Crippen LogP contribution in [-0.2, 0) is 14.8 Å². The van der Waals surface area contributed by atoms with Crippen molar-refractivity contribution in [2.45, 2.75) is 32.6 Å². The minimum absolute atomic E-state index is 0.109. The van der Waals surface area contributed by atoms with E-state index in [1.807, 2.05) is 70.2 Å². The Morgan fingerprint density at radius 3 is 2.34 bits per heavy atom. The molecule has 1 amide bonds. The fourth-order valence-electron chi connectivity index (χ4n) is 4.25. The van der Waals surface area contributed by atoms with Gasteiger partial charge in [0.05, 0.1) is 16.8 Å². The maximum atomic E-state index is 13.6. The number of nitrogens with zero attached hydrogens (tertiary/aromatic N) is 3. The number of benzene rings is 3. The van der Waals surface area contributed by atoms with Gasteiger partial charge in [0.2, 0.25) is 0 Å². The van der Waals surface area contributed by atoms with Gasteiger partial charge in [-0.3, -0.25) is 9.10 Å². The molecule has 0 radical (unpaired) electrons. The number of carbonyl (C=O) groups is 1. The molecule has 7 nitrogen and oxygen atoms in total. The number of carbonyl (C=O) groups excluding carboxylic acids is 1. The molecule has 3 aromatic carbocycles. The van der Waals surface area contributed by atoms with Crippen LogP contribution in [0.25, 0.3) is 5.69 Å². The van der Waals surface area contributed by atoms with E-state index in [-0.39, 0.29) is 4.90 Å². The van der Waals surface area contributed by atoms with Gasteiger partial charge < -0.3 is 4.57 Å². The second kappa shape index (κ2) is 11.4. The van der Waals surface area contributed by atoms with Gasteiger partial charge in [-0.2, -0.15) is 5.10 Å². The minimum atomic E-state index is -3.99. The summed E-state index contributed by atoms with van der Waals surface area (Å²) in [5, 5.41) is 4.14. The van der Waals surface area contributed by atoms with Crippen LogP contribution in [0.2, 0.25) is 0 Å². The summed E-state index contributed by atoms with van der Waals surface area (Å²) in [6.07, 6.45) is 1.57. The first-order chi connectivity index (χ1) is 18.1. The van der Waals surface area contributed by atoms with E-state index in [4.69, 9.17) is 0 Å². The summed E-state index contributed by atoms with van der Waals surface area (Å²) in [7, 11) is -3.99. The summed E-state index contributed by atoms with van der Waals surface area (Å²) < 4.78 is 31.4. The number of halogens is 1. The number of anilines is 1. The van der Waals surface area contributed by atoms with Gasteiger partial charge in [-0.25, -0.2) is 13.8 Å². The van der Waals surface area contributed by atoms with E-state index >= 15 is 0 Å². The molecule has 0 saturated heterocycles. The zero-order valence-corrected chi connectivity index (χ0v) is 24.0. The van der Waals surface area contributed by atoms with E-state index in [2.05, 4.69) is 31.0 Å². The van der Waals surface area contributed by atoms with Crippen LogP contribution < -0.4 is 9.73 Å². The van der Waals surface area contributed by atoms with Crippen molar-refractivity contribution in [2.24, 2.45) is 5.10 Å². The molecule has 0 saturated carbocycles. The minimum Gasteiger partial charge on any atom is -0.318 e. The fraction of sp³-hybridized carbons (Fsp3) is 0.172. The Balaban J connectivity index is 1.57. The Bertz CT molecular complexity index is 1600. The molecule has 0 atom stereocenters. The molecule has 0 unspecified atom stereocenters. The average molecular weight is 594 g/mol. The Labute approximate surface area is 232 Å². The van der Waals surface area contributed by atoms with E-state index in [9.17, 15) is 13.2 Å². The van der Waals surface area contributed by atoms with Gasteiger partial charge in [0.25, 0.3) is 15.9 Å². The third kappa shape index (κ3) is 5.89. The van der Waals surface area contributed by atoms with Crippen molar-refractivity contribution in [3.63, 3.8) is 0 Å². The standard InChI is InChI=1S/C29H29BrN4O3S/c1-20-10-11-21(2)28(16-20)33(38(36,37)27-8-6-5-7-9-27)19-29(35)32-31-18-24-17-22(3)34(23(24)4)26-14-12-25(30)13-15-26/h5-18H,19H2,1-4H3,(H,32,35)/b31-18-. The highest BCUT2D eigenvalue weighted by Gasteiger charge is 2.28. The number of aromatic nitrogens is 1. The van der Waals surface area contributed by atoms with Gasteiger partial charge in [-0.1, -0.05) is 46.3 Å². The lowest BCUT2D eigenvalue weighted by molar-refractivity contribution is -0.119. The van der Waals surface area contributed by atoms with Crippen molar-refractivity contribution in [2.75, 3.05) is 10.8 Å². The number of rotatable bonds is 8. The topological polar surface area (TPSA) is 83.8 Å². The molecular weight excluding hydrogens is 564 g/mol. The van der Waals surface area contributed by atoms with Gasteiger partial charge in [-0.05, 0) is 87.4 Å². The molecule has 1 aromatic heterocycles. The normalized spacial score (nSPS) is 11.6. The summed E-state index contributed by atoms with van der Waals surface area (Å²) in [6.45, 7) is 7.26. The highest BCUT2D eigenvalue weighted by Crippen LogP contribution is 2.28. The molecule has 4 aromatic rings. The van der Waals surface area contributed by atoms with Crippen molar-refractivity contribution in [1.82, 2.24) is 9.99 Å². The molecule has 196 valence electrons. The molecule has 0 aliphatic heterocycles. The SMILES string of the molecule is Cc1ccc(C)c(N(CC(=O)N/N=C\c2cc(C)n(-c3ccc(Br)cc3)c2C)S(=O)(=O)c2ccccc2)c1. The van der Waals surface area contributed by atoms with Crippen LogP contribution >= 0.6 is 15.9 Å². The summed E-state index contributed by atoms with van der Waals surface area (Å²) in [5.41, 5.74) is 8.42. The Hall–Kier alpha value is -3.69. The van der Waals surface area contributed by atoms with E-state index in [0.29, 0.717) is 5.69 Å². The molecule has 9 heteroatoms. The van der Waals surface area contributed by atoms with Crippen LogP contribution in [-0.4, -0.2) is 31.7 Å². The first kappa shape index (κ1) is 27.3. The van der Waals surface area contributed by atoms with Gasteiger partial charge >= 0.3 is 0 Å². The quantitative estimate of drug-likeness (QED) is 0.207. The molecule has 1 N–H and O–H groups in total. The van der Waals surface area contributed by atoms with E-state index in [0.717, 1.165) is 42.5 Å². The Morgan fingerprint density at radius 2 is 1.66 bits per heavy atom. The van der Waals surface area contributed by atoms with Crippen LogP contribution in [0.1, 0.15) is 28.1 Å². The number of sulfonamides is 1. The number of nitrogens with one attached hydrogen (secondary N) is 1. The fourth-order valence-corrected chi connectivity index (χ4v) is 6.02. The number of hydrogen-bond acceptors (Lipinski definition) is 4. The van der Waals surface area contributed by atoms with Crippen molar-refractivity contribution in [3.8, 4) is 5.69 Å². The maximum absolute atomic E-state index is 13.6. The molecule has 38 heavy (non-hydrogen) atoms. The van der Waals surface area contributed by atoms with Gasteiger partial charge in [0.15, 0.2) is 0 Å². The highest BCUT2D eigenvalue weighted by molar-refractivity contribution is 9.10. The Morgan fingerprint density at radius 1 is 0.974 bits per heavy atom. The van der Waals surface area contributed by atoms with Gasteiger partial charge in [-0.15, -0.1) is 0 Å². The molecule has 0 aliphatic carbocycles. The smallest absolute Gasteiger partial charge is 0.264 e. The van der Waals surface area contributed by atoms with E-state index in [1.165, 1.54) is 12.1 Å². The summed E-state index contributed by atoms with van der Waals surface area (Å²) in [6, 6.07) is 23.6. The van der Waals surface area contributed by atoms with Crippen LogP contribution in [0.3, 0.4) is 0 Å². The van der Waals surface area contributed by atoms with E-state index < -0.39 is 22.5 Å². The predicted molar refractivity (Wildman–Crippen MR) is 156 cm³/mol. The monoisotopic (exact) mass is 592 g/mol. The third-order valence-electron chi connectivity index (χ3n) is 6.20. The molecule has 4 rings (SSSR count). The van der Waals surface area contributed by atoms with Crippen molar-refractivity contribution in [1.29, 1.82) is 0 Å². The van der Waals surface area contributed by atoms with Crippen LogP contribution in [0.5, 0.6) is 0 Å². The Kier molecular flexibility index (Phi) is 8.18. The zero-order valence-electron chi connectivity index (χ0n) is 21.6. The third-order valence-corrected chi connectivity index (χ3v) is 8.50. The maximum Gasteiger partial charge on any atom is 0.264 e. The summed E-state index contributed by atoms with van der Waals surface area (Å²) >= 11 is 3.46. The first-order valence-electron chi connectivity index (χ1n) is 12.0. The van der Waals surface area contributed by atoms with E-state index in [1.54, 1.807) is 30.5 Å². The largest absolute Gasteiger partial charge is 0.318 e. The number of amides is 1. The molecule has 0 aliphatic rings. The van der Waals surface area contributed by atoms with Crippen LogP contribution in [0, 0.1) is 27.7 Å². The van der Waals surface area contributed by atoms with Crippen LogP contribution in [0.15, 0.2) is 93.3 Å². The second-order valence-electron chi connectivity index (χ2n) is 9.05. The highest BCUT2D eigenvalue weighted by atomic mass is 79.9. The number of hydrazone groups is 1. The zero-order chi connectivity index (χ0) is 27.4. The average Bonchev–Trinajstić information content (AvgIpc) is 3.17. The first-order valence-corrected chi connectivity index (χ1v) is 14.2. The summed E-state index contributed by atoms with van der Waals surface area (Å²) in [4.78, 5) is 13.1. The van der Waals surface area contributed by atoms with Crippen molar-refractivity contribution in [3.05, 3.63) is 111 Å². The second-order valence-corrected chi connectivity index (χ2v) is 11.8. The van der Waals surface area contributed by atoms with Crippen molar-refractivity contribution >= 4 is 43.8 Å². The lowest BCUT2D eigenvalue weighted by Crippen LogP contribution is -2.40. The summed E-state index contributed by atoms with van der Waals surface area (Å²) in [5.74, 6) is -0.552. The van der Waals surface area contributed by atoms with Crippen molar-refractivity contribution < 1.29 is 13.2 Å². The lowest BCUT2D eigenvalue weighted by atomic mass is 10.1. The van der Waals surface area contributed by atoms with Gasteiger partial charge in [0, 0.05) is 27.1 Å². The molecule has 0 bridgehead atoms. The number of hydrogen-bond donors (Lipinski definition) is 1. The van der Waals surface area contributed by atoms with Crippen LogP contribution in [0.4, 0.5) is 5.69 Å². The molecule has 1 heterocycles. The number of aryl methyl sites for hydroxylation is 3. The lowest BCUT2D eigenvalue weighted by Gasteiger charge is -2.25. The molecule has 0 spiro atoms. The predicted octanol–water partition coefficient (Wildman–Crippen LogP) is 5.82. The molecule has 0 fully saturated rings. The molecular formula is C29H29BrN4O3S. The van der Waals surface area contributed by atoms with Gasteiger partial charge in [0.1, 0.15) is 6.54 Å².